The second-order valence-corrected chi connectivity index (χ2v) is 4.64. The zero-order valence-corrected chi connectivity index (χ0v) is 12.6. The van der Waals surface area contributed by atoms with Gasteiger partial charge in [0.15, 0.2) is 11.0 Å². The van der Waals surface area contributed by atoms with Crippen molar-refractivity contribution in [1.82, 2.24) is 9.97 Å². The summed E-state index contributed by atoms with van der Waals surface area (Å²) in [5.74, 6) is -0.252. The van der Waals surface area contributed by atoms with Crippen molar-refractivity contribution >= 4 is 41.2 Å². The molecule has 0 fully saturated rings. The van der Waals surface area contributed by atoms with Gasteiger partial charge in [-0.05, 0) is 17.7 Å². The lowest BCUT2D eigenvalue weighted by Crippen LogP contribution is -2.10. The van der Waals surface area contributed by atoms with E-state index < -0.39 is 0 Å². The summed E-state index contributed by atoms with van der Waals surface area (Å²) in [6.07, 6.45) is 1.45. The quantitative estimate of drug-likeness (QED) is 0.670. The normalized spacial score (nSPS) is 10.7. The van der Waals surface area contributed by atoms with Crippen molar-refractivity contribution in [3.8, 4) is 0 Å². The molecule has 2 aromatic rings. The lowest BCUT2D eigenvalue weighted by molar-refractivity contribution is -0.114. The van der Waals surface area contributed by atoms with Crippen LogP contribution in [0.15, 0.2) is 29.3 Å². The number of nitrogens with one attached hydrogen (secondary N) is 2. The van der Waals surface area contributed by atoms with Gasteiger partial charge in [0.05, 0.1) is 0 Å². The Bertz CT molecular complexity index is 735. The number of halogens is 2. The molecule has 1 aromatic heterocycles. The van der Waals surface area contributed by atoms with E-state index in [0.717, 1.165) is 0 Å². The summed E-state index contributed by atoms with van der Waals surface area (Å²) in [4.78, 5) is 23.3. The Morgan fingerprint density at radius 3 is 2.82 bits per heavy atom. The summed E-state index contributed by atoms with van der Waals surface area (Å²) in [7, 11) is 1.64. The van der Waals surface area contributed by atoms with Crippen LogP contribution in [0.2, 0.25) is 5.15 Å². The van der Waals surface area contributed by atoms with Crippen LogP contribution < -0.4 is 10.6 Å². The molecule has 0 aliphatic rings. The molecule has 0 saturated carbocycles. The summed E-state index contributed by atoms with van der Waals surface area (Å²) >= 11 is 6.06. The van der Waals surface area contributed by atoms with E-state index >= 15 is 0 Å². The van der Waals surface area contributed by atoms with Gasteiger partial charge >= 0.3 is 0 Å². The molecule has 2 N–H and O–H groups in total. The van der Waals surface area contributed by atoms with Crippen molar-refractivity contribution in [2.24, 2.45) is 4.99 Å². The second-order valence-electron chi connectivity index (χ2n) is 4.28. The second kappa shape index (κ2) is 6.95. The molecule has 114 valence electrons. The van der Waals surface area contributed by atoms with Gasteiger partial charge in [0.25, 0.3) is 0 Å². The van der Waals surface area contributed by atoms with Gasteiger partial charge in [-0.1, -0.05) is 23.7 Å². The molecular formula is C14H13ClFN5O. The lowest BCUT2D eigenvalue weighted by atomic mass is 10.2. The summed E-state index contributed by atoms with van der Waals surface area (Å²) in [5, 5.41) is 5.33. The molecule has 22 heavy (non-hydrogen) atoms. The molecule has 0 aliphatic carbocycles. The van der Waals surface area contributed by atoms with Crippen molar-refractivity contribution in [2.75, 3.05) is 17.7 Å². The first-order valence-electron chi connectivity index (χ1n) is 6.32. The van der Waals surface area contributed by atoms with Crippen LogP contribution in [0.25, 0.3) is 0 Å². The fourth-order valence-corrected chi connectivity index (χ4v) is 1.87. The zero-order chi connectivity index (χ0) is 16.1. The predicted octanol–water partition coefficient (Wildman–Crippen LogP) is 3.02. The molecule has 0 unspecified atom stereocenters. The number of aromatic nitrogens is 2. The van der Waals surface area contributed by atoms with Crippen LogP contribution in [0.4, 0.5) is 21.8 Å². The van der Waals surface area contributed by atoms with Crippen LogP contribution in [0.3, 0.4) is 0 Å². The molecule has 0 radical (unpaired) electrons. The number of hydrogen-bond donors (Lipinski definition) is 2. The summed E-state index contributed by atoms with van der Waals surface area (Å²) in [6, 6.07) is 5.96. The van der Waals surface area contributed by atoms with E-state index in [4.69, 9.17) is 11.6 Å². The van der Waals surface area contributed by atoms with E-state index in [-0.39, 0.29) is 22.8 Å². The first-order valence-corrected chi connectivity index (χ1v) is 6.70. The standard InChI is InChI=1S/C14H13ClFN5O/c1-8(22)19-14-20-12(15)11(13(17-2)21-14)18-7-9-4-3-5-10(16)6-9/h3-7H,1-2H3,(H2,17,19,20,21,22). The molecule has 1 amide bonds. The van der Waals surface area contributed by atoms with E-state index in [1.54, 1.807) is 19.2 Å². The minimum atomic E-state index is -0.360. The van der Waals surface area contributed by atoms with Crippen molar-refractivity contribution in [3.63, 3.8) is 0 Å². The van der Waals surface area contributed by atoms with Crippen LogP contribution in [-0.2, 0) is 4.79 Å². The van der Waals surface area contributed by atoms with Gasteiger partial charge in [-0.3, -0.25) is 10.1 Å². The van der Waals surface area contributed by atoms with Crippen molar-refractivity contribution < 1.29 is 9.18 Å². The molecular weight excluding hydrogens is 309 g/mol. The van der Waals surface area contributed by atoms with E-state index in [2.05, 4.69) is 25.6 Å². The summed E-state index contributed by atoms with van der Waals surface area (Å²) in [5.41, 5.74) is 0.867. The van der Waals surface area contributed by atoms with Crippen molar-refractivity contribution in [1.29, 1.82) is 0 Å². The Morgan fingerprint density at radius 2 is 2.18 bits per heavy atom. The van der Waals surface area contributed by atoms with Crippen LogP contribution in [0.5, 0.6) is 0 Å². The number of carbonyl (C=O) groups is 1. The molecule has 1 heterocycles. The first kappa shape index (κ1) is 15.8. The van der Waals surface area contributed by atoms with E-state index in [1.807, 2.05) is 0 Å². The highest BCUT2D eigenvalue weighted by molar-refractivity contribution is 6.32. The van der Waals surface area contributed by atoms with E-state index in [1.165, 1.54) is 25.3 Å². The lowest BCUT2D eigenvalue weighted by Gasteiger charge is -2.08. The van der Waals surface area contributed by atoms with Crippen LogP contribution >= 0.6 is 11.6 Å². The highest BCUT2D eigenvalue weighted by atomic mass is 35.5. The number of aliphatic imine (C=N–C) groups is 1. The van der Waals surface area contributed by atoms with Gasteiger partial charge in [-0.2, -0.15) is 9.97 Å². The number of amides is 1. The van der Waals surface area contributed by atoms with Crippen molar-refractivity contribution in [3.05, 3.63) is 40.8 Å². The van der Waals surface area contributed by atoms with Gasteiger partial charge in [0.1, 0.15) is 11.5 Å². The molecule has 8 heteroatoms. The van der Waals surface area contributed by atoms with Crippen molar-refractivity contribution in [2.45, 2.75) is 6.92 Å². The van der Waals surface area contributed by atoms with Crippen LogP contribution in [-0.4, -0.2) is 29.1 Å². The molecule has 0 aliphatic heterocycles. The van der Waals surface area contributed by atoms with Gasteiger partial charge in [0, 0.05) is 20.2 Å². The highest BCUT2D eigenvalue weighted by Crippen LogP contribution is 2.31. The molecule has 0 bridgehead atoms. The summed E-state index contributed by atoms with van der Waals surface area (Å²) < 4.78 is 13.1. The van der Waals surface area contributed by atoms with Gasteiger partial charge in [-0.15, -0.1) is 0 Å². The number of carbonyl (C=O) groups excluding carboxylic acids is 1. The third-order valence-electron chi connectivity index (χ3n) is 2.56. The maximum absolute atomic E-state index is 13.1. The van der Waals surface area contributed by atoms with Crippen LogP contribution in [0, 0.1) is 5.82 Å². The molecule has 0 spiro atoms. The number of rotatable bonds is 4. The average Bonchev–Trinajstić information content (AvgIpc) is 2.45. The molecule has 1 aromatic carbocycles. The third-order valence-corrected chi connectivity index (χ3v) is 2.82. The smallest absolute Gasteiger partial charge is 0.232 e. The van der Waals surface area contributed by atoms with Gasteiger partial charge < -0.3 is 5.32 Å². The Hall–Kier alpha value is -2.54. The fraction of sp³-hybridized carbons (Fsp3) is 0.143. The van der Waals surface area contributed by atoms with Gasteiger partial charge in [0.2, 0.25) is 11.9 Å². The molecule has 0 atom stereocenters. The number of benzene rings is 1. The monoisotopic (exact) mass is 321 g/mol. The Balaban J connectivity index is 2.36. The SMILES string of the molecule is CNc1nc(NC(C)=O)nc(Cl)c1N=Cc1cccc(F)c1. The minimum Gasteiger partial charge on any atom is -0.371 e. The topological polar surface area (TPSA) is 79.3 Å². The Kier molecular flexibility index (Phi) is 5.00. The van der Waals surface area contributed by atoms with Gasteiger partial charge in [-0.25, -0.2) is 9.38 Å². The summed E-state index contributed by atoms with van der Waals surface area (Å²) in [6.45, 7) is 1.34. The van der Waals surface area contributed by atoms with Crippen LogP contribution in [0.1, 0.15) is 12.5 Å². The zero-order valence-electron chi connectivity index (χ0n) is 11.9. The number of hydrogen-bond acceptors (Lipinski definition) is 5. The minimum absolute atomic E-state index is 0.0655. The third kappa shape index (κ3) is 3.98. The Labute approximate surface area is 131 Å². The number of anilines is 2. The Morgan fingerprint density at radius 1 is 1.41 bits per heavy atom. The molecule has 0 saturated heterocycles. The highest BCUT2D eigenvalue weighted by Gasteiger charge is 2.12. The first-order chi connectivity index (χ1) is 10.5. The van der Waals surface area contributed by atoms with E-state index in [0.29, 0.717) is 17.1 Å². The molecule has 6 nitrogen and oxygen atoms in total. The maximum atomic E-state index is 13.1. The van der Waals surface area contributed by atoms with E-state index in [9.17, 15) is 9.18 Å². The average molecular weight is 322 g/mol. The molecule has 2 rings (SSSR count). The fourth-order valence-electron chi connectivity index (χ4n) is 1.66. The predicted molar refractivity (Wildman–Crippen MR) is 84.5 cm³/mol. The largest absolute Gasteiger partial charge is 0.371 e. The number of nitrogens with zero attached hydrogens (tertiary/aromatic N) is 3. The maximum Gasteiger partial charge on any atom is 0.232 e.